The fourth-order valence-corrected chi connectivity index (χ4v) is 2.15. The molecule has 0 saturated heterocycles. The maximum atomic E-state index is 12.4. The molecule has 0 aromatic heterocycles. The largest absolute Gasteiger partial charge is 0.434 e. The first kappa shape index (κ1) is 18.9. The minimum Gasteiger partial charge on any atom is -0.434 e. The van der Waals surface area contributed by atoms with Gasteiger partial charge in [0.05, 0.1) is 18.3 Å². The summed E-state index contributed by atoms with van der Waals surface area (Å²) >= 11 is 0. The van der Waals surface area contributed by atoms with Crippen molar-refractivity contribution in [2.45, 2.75) is 39.7 Å². The molecule has 0 aliphatic carbocycles. The normalized spacial score (nSPS) is 11.0. The van der Waals surface area contributed by atoms with Crippen molar-refractivity contribution in [2.24, 2.45) is 0 Å². The van der Waals surface area contributed by atoms with E-state index in [1.165, 1.54) is 18.2 Å². The molecule has 0 radical (unpaired) electrons. The zero-order valence-corrected chi connectivity index (χ0v) is 14.2. The summed E-state index contributed by atoms with van der Waals surface area (Å²) in [7, 11) is 0. The number of ether oxygens (including phenoxy) is 2. The summed E-state index contributed by atoms with van der Waals surface area (Å²) in [6.45, 7) is 1.78. The fourth-order valence-electron chi connectivity index (χ4n) is 2.15. The van der Waals surface area contributed by atoms with Gasteiger partial charge in [-0.1, -0.05) is 36.4 Å². The molecule has 0 spiro atoms. The maximum Gasteiger partial charge on any atom is 0.387 e. The van der Waals surface area contributed by atoms with Crippen LogP contribution >= 0.6 is 0 Å². The van der Waals surface area contributed by atoms with E-state index in [1.54, 1.807) is 6.07 Å². The monoisotopic (exact) mass is 349 g/mol. The number of rotatable bonds is 8. The van der Waals surface area contributed by atoms with E-state index in [1.807, 2.05) is 38.1 Å². The Hall–Kier alpha value is -2.47. The number of halogens is 2. The van der Waals surface area contributed by atoms with Gasteiger partial charge < -0.3 is 14.8 Å². The molecule has 4 nitrogen and oxygen atoms in total. The molecule has 0 heterocycles. The molecular formula is C19H21F2NO3. The summed E-state index contributed by atoms with van der Waals surface area (Å²) < 4.78 is 34.7. The van der Waals surface area contributed by atoms with Crippen LogP contribution in [0.1, 0.15) is 35.3 Å². The van der Waals surface area contributed by atoms with E-state index in [4.69, 9.17) is 4.74 Å². The van der Waals surface area contributed by atoms with Crippen molar-refractivity contribution in [3.63, 3.8) is 0 Å². The Balaban J connectivity index is 1.94. The smallest absolute Gasteiger partial charge is 0.387 e. The van der Waals surface area contributed by atoms with Crippen LogP contribution in [0.15, 0.2) is 48.5 Å². The molecule has 6 heteroatoms. The van der Waals surface area contributed by atoms with Crippen LogP contribution in [0.5, 0.6) is 5.75 Å². The fraction of sp³-hybridized carbons (Fsp3) is 0.316. The molecule has 0 aliphatic heterocycles. The topological polar surface area (TPSA) is 47.6 Å². The van der Waals surface area contributed by atoms with Crippen molar-refractivity contribution in [2.75, 3.05) is 0 Å². The Morgan fingerprint density at radius 2 is 1.68 bits per heavy atom. The number of para-hydroxylation sites is 1. The van der Waals surface area contributed by atoms with Crippen LogP contribution < -0.4 is 10.1 Å². The van der Waals surface area contributed by atoms with E-state index in [-0.39, 0.29) is 24.0 Å². The molecule has 0 aliphatic rings. The highest BCUT2D eigenvalue weighted by atomic mass is 19.3. The average Bonchev–Trinajstić information content (AvgIpc) is 2.58. The highest BCUT2D eigenvalue weighted by Gasteiger charge is 2.14. The molecule has 0 atom stereocenters. The van der Waals surface area contributed by atoms with E-state index in [0.717, 1.165) is 11.1 Å². The Morgan fingerprint density at radius 3 is 2.32 bits per heavy atom. The molecule has 0 bridgehead atoms. The first-order valence-corrected chi connectivity index (χ1v) is 7.97. The predicted molar refractivity (Wildman–Crippen MR) is 90.6 cm³/mol. The first-order chi connectivity index (χ1) is 12.0. The van der Waals surface area contributed by atoms with Crippen molar-refractivity contribution < 1.29 is 23.0 Å². The molecule has 2 rings (SSSR count). The van der Waals surface area contributed by atoms with Crippen LogP contribution in [0.2, 0.25) is 0 Å². The number of carbonyl (C=O) groups excluding carboxylic acids is 1. The van der Waals surface area contributed by atoms with Gasteiger partial charge in [-0.15, -0.1) is 0 Å². The third-order valence-electron chi connectivity index (χ3n) is 3.41. The summed E-state index contributed by atoms with van der Waals surface area (Å²) in [5, 5.41) is 2.70. The number of amides is 1. The quantitative estimate of drug-likeness (QED) is 0.779. The van der Waals surface area contributed by atoms with Crippen molar-refractivity contribution in [3.05, 3.63) is 65.2 Å². The molecule has 2 aromatic carbocycles. The van der Waals surface area contributed by atoms with Crippen LogP contribution in [0, 0.1) is 0 Å². The minimum atomic E-state index is -2.98. The maximum absolute atomic E-state index is 12.4. The zero-order chi connectivity index (χ0) is 18.2. The van der Waals surface area contributed by atoms with Gasteiger partial charge in [-0.2, -0.15) is 8.78 Å². The highest BCUT2D eigenvalue weighted by Crippen LogP contribution is 2.20. The van der Waals surface area contributed by atoms with Gasteiger partial charge in [0.25, 0.3) is 5.91 Å². The van der Waals surface area contributed by atoms with Gasteiger partial charge in [0.1, 0.15) is 5.75 Å². The Kier molecular flexibility index (Phi) is 6.89. The Bertz CT molecular complexity index is 687. The molecule has 0 saturated carbocycles. The summed E-state index contributed by atoms with van der Waals surface area (Å²) in [5.74, 6) is -0.611. The first-order valence-electron chi connectivity index (χ1n) is 7.97. The van der Waals surface area contributed by atoms with Gasteiger partial charge in [0.2, 0.25) is 0 Å². The molecule has 1 N–H and O–H groups in total. The molecule has 134 valence electrons. The van der Waals surface area contributed by atoms with Gasteiger partial charge >= 0.3 is 6.61 Å². The zero-order valence-electron chi connectivity index (χ0n) is 14.2. The predicted octanol–water partition coefficient (Wildman–Crippen LogP) is 4.14. The number of nitrogens with one attached hydrogen (secondary N) is 1. The summed E-state index contributed by atoms with van der Waals surface area (Å²) in [6.07, 6.45) is 0.162. The minimum absolute atomic E-state index is 0.0738. The third-order valence-corrected chi connectivity index (χ3v) is 3.41. The van der Waals surface area contributed by atoms with E-state index < -0.39 is 12.5 Å². The van der Waals surface area contributed by atoms with E-state index in [0.29, 0.717) is 6.61 Å². The van der Waals surface area contributed by atoms with E-state index in [9.17, 15) is 13.6 Å². The van der Waals surface area contributed by atoms with Gasteiger partial charge in [0, 0.05) is 6.54 Å². The Morgan fingerprint density at radius 1 is 1.04 bits per heavy atom. The number of hydrogen-bond acceptors (Lipinski definition) is 3. The van der Waals surface area contributed by atoms with E-state index in [2.05, 4.69) is 10.1 Å². The molecular weight excluding hydrogens is 328 g/mol. The summed E-state index contributed by atoms with van der Waals surface area (Å²) in [6, 6.07) is 13.5. The van der Waals surface area contributed by atoms with Gasteiger partial charge in [0.15, 0.2) is 0 Å². The second kappa shape index (κ2) is 9.13. The van der Waals surface area contributed by atoms with Gasteiger partial charge in [-0.3, -0.25) is 4.79 Å². The second-order valence-corrected chi connectivity index (χ2v) is 5.73. The van der Waals surface area contributed by atoms with Crippen LogP contribution in [-0.4, -0.2) is 18.6 Å². The molecule has 2 aromatic rings. The third kappa shape index (κ3) is 6.15. The standard InChI is InChI=1S/C19H21F2NO3/c1-13(2)24-12-15-9-7-14(8-10-15)11-22-18(23)16-5-3-4-6-17(16)25-19(20)21/h3-10,13,19H,11-12H2,1-2H3,(H,22,23). The summed E-state index contributed by atoms with van der Waals surface area (Å²) in [4.78, 5) is 12.2. The molecule has 25 heavy (non-hydrogen) atoms. The number of benzene rings is 2. The van der Waals surface area contributed by atoms with Crippen molar-refractivity contribution >= 4 is 5.91 Å². The number of alkyl halides is 2. The summed E-state index contributed by atoms with van der Waals surface area (Å²) in [5.41, 5.74) is 2.01. The molecule has 0 unspecified atom stereocenters. The number of hydrogen-bond donors (Lipinski definition) is 1. The van der Waals surface area contributed by atoms with Crippen LogP contribution in [0.4, 0.5) is 8.78 Å². The lowest BCUT2D eigenvalue weighted by molar-refractivity contribution is -0.0501. The molecule has 1 amide bonds. The van der Waals surface area contributed by atoms with Crippen LogP contribution in [0.3, 0.4) is 0 Å². The highest BCUT2D eigenvalue weighted by molar-refractivity contribution is 5.96. The van der Waals surface area contributed by atoms with Crippen LogP contribution in [-0.2, 0) is 17.9 Å². The SMILES string of the molecule is CC(C)OCc1ccc(CNC(=O)c2ccccc2OC(F)F)cc1. The lowest BCUT2D eigenvalue weighted by Crippen LogP contribution is -2.23. The van der Waals surface area contributed by atoms with Gasteiger partial charge in [-0.05, 0) is 37.1 Å². The van der Waals surface area contributed by atoms with Gasteiger partial charge in [-0.25, -0.2) is 0 Å². The van der Waals surface area contributed by atoms with Crippen molar-refractivity contribution in [3.8, 4) is 5.75 Å². The lowest BCUT2D eigenvalue weighted by Gasteiger charge is -2.11. The lowest BCUT2D eigenvalue weighted by atomic mass is 10.1. The average molecular weight is 349 g/mol. The van der Waals surface area contributed by atoms with Crippen LogP contribution in [0.25, 0.3) is 0 Å². The molecule has 0 fully saturated rings. The van der Waals surface area contributed by atoms with Crippen molar-refractivity contribution in [1.29, 1.82) is 0 Å². The number of carbonyl (C=O) groups is 1. The second-order valence-electron chi connectivity index (χ2n) is 5.73. The van der Waals surface area contributed by atoms with Crippen molar-refractivity contribution in [1.82, 2.24) is 5.32 Å². The van der Waals surface area contributed by atoms with E-state index >= 15 is 0 Å². The Labute approximate surface area is 145 Å².